The van der Waals surface area contributed by atoms with Gasteiger partial charge in [0.15, 0.2) is 0 Å². The minimum atomic E-state index is -0.604. The normalized spacial score (nSPS) is 20.3. The van der Waals surface area contributed by atoms with Gasteiger partial charge in [-0.2, -0.15) is 0 Å². The molecule has 0 aliphatic heterocycles. The summed E-state index contributed by atoms with van der Waals surface area (Å²) >= 11 is -0.604. The standard InChI is InChI=1S/C28H23NTe/c1-29(2)19-15-17-20(18-16-19)30-28-24-12-6-3-9-21(24)27(22-10-4-7-13-25(22)28)23-11-5-8-14-26(23)28/h3-18,27H,1-2H3. The zero-order valence-corrected chi connectivity index (χ0v) is 19.5. The predicted molar refractivity (Wildman–Crippen MR) is 126 cm³/mol. The number of rotatable bonds is 3. The van der Waals surface area contributed by atoms with Gasteiger partial charge in [0, 0.05) is 0 Å². The van der Waals surface area contributed by atoms with E-state index in [0.29, 0.717) is 5.92 Å². The molecule has 0 saturated heterocycles. The van der Waals surface area contributed by atoms with E-state index in [1.807, 2.05) is 0 Å². The van der Waals surface area contributed by atoms with Gasteiger partial charge in [0.25, 0.3) is 0 Å². The fraction of sp³-hybridized carbons (Fsp3) is 0.143. The molecule has 1 nitrogen and oxygen atoms in total. The molecule has 2 bridgehead atoms. The average molecular weight is 501 g/mol. The van der Waals surface area contributed by atoms with Gasteiger partial charge in [-0.15, -0.1) is 0 Å². The summed E-state index contributed by atoms with van der Waals surface area (Å²) in [7, 11) is 4.21. The molecule has 3 aliphatic carbocycles. The van der Waals surface area contributed by atoms with Crippen LogP contribution in [0.25, 0.3) is 0 Å². The Labute approximate surface area is 188 Å². The van der Waals surface area contributed by atoms with Crippen molar-refractivity contribution in [2.24, 2.45) is 0 Å². The van der Waals surface area contributed by atoms with Crippen LogP contribution >= 0.6 is 0 Å². The molecular weight excluding hydrogens is 478 g/mol. The summed E-state index contributed by atoms with van der Waals surface area (Å²) in [5.74, 6) is 0.360. The number of hydrogen-bond acceptors (Lipinski definition) is 1. The van der Waals surface area contributed by atoms with Crippen molar-refractivity contribution in [2.45, 2.75) is 9.38 Å². The van der Waals surface area contributed by atoms with Crippen LogP contribution in [0.5, 0.6) is 0 Å². The van der Waals surface area contributed by atoms with Crippen LogP contribution in [0.2, 0.25) is 0 Å². The fourth-order valence-electron chi connectivity index (χ4n) is 5.30. The molecule has 7 rings (SSSR count). The zero-order valence-electron chi connectivity index (χ0n) is 17.2. The molecule has 0 saturated carbocycles. The topological polar surface area (TPSA) is 3.24 Å². The molecule has 4 aromatic rings. The van der Waals surface area contributed by atoms with Crippen LogP contribution in [0.1, 0.15) is 39.3 Å². The second-order valence-electron chi connectivity index (χ2n) is 8.37. The quantitative estimate of drug-likeness (QED) is 0.362. The van der Waals surface area contributed by atoms with Crippen LogP contribution in [-0.2, 0) is 3.46 Å². The first-order valence-corrected chi connectivity index (χ1v) is 12.8. The Morgan fingerprint density at radius 2 is 1.03 bits per heavy atom. The van der Waals surface area contributed by atoms with E-state index in [1.54, 1.807) is 0 Å². The summed E-state index contributed by atoms with van der Waals surface area (Å²) in [6.07, 6.45) is 0. The first kappa shape index (κ1) is 18.3. The summed E-state index contributed by atoms with van der Waals surface area (Å²) in [6, 6.07) is 36.9. The molecule has 0 aromatic heterocycles. The number of benzene rings is 4. The molecule has 4 aromatic carbocycles. The average Bonchev–Trinajstić information content (AvgIpc) is 2.80. The van der Waals surface area contributed by atoms with Crippen molar-refractivity contribution in [3.63, 3.8) is 0 Å². The van der Waals surface area contributed by atoms with Crippen LogP contribution < -0.4 is 8.51 Å². The third-order valence-electron chi connectivity index (χ3n) is 6.58. The van der Waals surface area contributed by atoms with Crippen LogP contribution in [0.15, 0.2) is 97.1 Å². The molecule has 0 spiro atoms. The minimum absolute atomic E-state index is 0.0107. The molecule has 0 amide bonds. The monoisotopic (exact) mass is 503 g/mol. The Morgan fingerprint density at radius 3 is 1.47 bits per heavy atom. The summed E-state index contributed by atoms with van der Waals surface area (Å²) in [6.45, 7) is 0. The van der Waals surface area contributed by atoms with E-state index in [1.165, 1.54) is 42.7 Å². The van der Waals surface area contributed by atoms with Crippen molar-refractivity contribution >= 4 is 30.2 Å². The molecule has 0 radical (unpaired) electrons. The second-order valence-corrected chi connectivity index (χ2v) is 12.0. The van der Waals surface area contributed by atoms with Crippen molar-refractivity contribution < 1.29 is 0 Å². The number of hydrogen-bond donors (Lipinski definition) is 0. The van der Waals surface area contributed by atoms with Crippen molar-refractivity contribution in [3.05, 3.63) is 130 Å². The summed E-state index contributed by atoms with van der Waals surface area (Å²) in [5.41, 5.74) is 10.4. The van der Waals surface area contributed by atoms with E-state index in [4.69, 9.17) is 0 Å². The van der Waals surface area contributed by atoms with Crippen molar-refractivity contribution in [3.8, 4) is 0 Å². The number of nitrogens with zero attached hydrogens (tertiary/aromatic N) is 1. The van der Waals surface area contributed by atoms with E-state index >= 15 is 0 Å². The Balaban J connectivity index is 1.64. The van der Waals surface area contributed by atoms with E-state index in [-0.39, 0.29) is 3.46 Å². The van der Waals surface area contributed by atoms with E-state index < -0.39 is 20.9 Å². The van der Waals surface area contributed by atoms with Crippen LogP contribution in [0.4, 0.5) is 5.69 Å². The van der Waals surface area contributed by atoms with Gasteiger partial charge in [-0.1, -0.05) is 0 Å². The molecule has 0 atom stereocenters. The molecular formula is C28H23NTe. The molecule has 0 heterocycles. The first-order chi connectivity index (χ1) is 14.7. The van der Waals surface area contributed by atoms with E-state index in [0.717, 1.165) is 0 Å². The Hall–Kier alpha value is -2.53. The van der Waals surface area contributed by atoms with Gasteiger partial charge in [0.1, 0.15) is 0 Å². The molecule has 30 heavy (non-hydrogen) atoms. The fourth-order valence-corrected chi connectivity index (χ4v) is 9.62. The van der Waals surface area contributed by atoms with Gasteiger partial charge >= 0.3 is 189 Å². The van der Waals surface area contributed by atoms with Crippen LogP contribution in [0.3, 0.4) is 0 Å². The first-order valence-electron chi connectivity index (χ1n) is 10.4. The van der Waals surface area contributed by atoms with Crippen LogP contribution in [0, 0.1) is 0 Å². The Bertz CT molecular complexity index is 1140. The molecule has 0 unspecified atom stereocenters. The molecule has 2 heteroatoms. The van der Waals surface area contributed by atoms with Gasteiger partial charge in [-0.05, 0) is 0 Å². The Kier molecular flexibility index (Phi) is 4.10. The molecule has 146 valence electrons. The van der Waals surface area contributed by atoms with E-state index in [2.05, 4.69) is 116 Å². The molecule has 3 aliphatic rings. The predicted octanol–water partition coefficient (Wildman–Crippen LogP) is 4.88. The van der Waals surface area contributed by atoms with Gasteiger partial charge in [-0.25, -0.2) is 0 Å². The summed E-state index contributed by atoms with van der Waals surface area (Å²) < 4.78 is 1.49. The maximum atomic E-state index is 2.40. The van der Waals surface area contributed by atoms with Crippen LogP contribution in [-0.4, -0.2) is 35.0 Å². The van der Waals surface area contributed by atoms with Gasteiger partial charge in [0.05, 0.1) is 0 Å². The summed E-state index contributed by atoms with van der Waals surface area (Å²) in [4.78, 5) is 2.17. The van der Waals surface area contributed by atoms with E-state index in [9.17, 15) is 0 Å². The van der Waals surface area contributed by atoms with Gasteiger partial charge < -0.3 is 0 Å². The molecule has 0 fully saturated rings. The number of anilines is 1. The third kappa shape index (κ3) is 2.41. The SMILES string of the molecule is CN(C)c1ccc([Te]C23c4ccccc4C(c4ccccc42)c2ccccc23)cc1. The molecule has 0 N–H and O–H groups in total. The maximum absolute atomic E-state index is 2.40. The van der Waals surface area contributed by atoms with Crippen molar-refractivity contribution in [1.82, 2.24) is 0 Å². The van der Waals surface area contributed by atoms with Crippen molar-refractivity contribution in [1.29, 1.82) is 0 Å². The van der Waals surface area contributed by atoms with Gasteiger partial charge in [0.2, 0.25) is 0 Å². The van der Waals surface area contributed by atoms with Gasteiger partial charge in [-0.3, -0.25) is 0 Å². The third-order valence-corrected chi connectivity index (χ3v) is 10.8. The zero-order chi connectivity index (χ0) is 20.3. The summed E-state index contributed by atoms with van der Waals surface area (Å²) in [5, 5.41) is 0. The Morgan fingerprint density at radius 1 is 0.600 bits per heavy atom. The second kappa shape index (κ2) is 6.74. The van der Waals surface area contributed by atoms with Crippen molar-refractivity contribution in [2.75, 3.05) is 19.0 Å².